The van der Waals surface area contributed by atoms with Gasteiger partial charge < -0.3 is 0 Å². The van der Waals surface area contributed by atoms with Crippen LogP contribution in [0.2, 0.25) is 0 Å². The van der Waals surface area contributed by atoms with E-state index in [1.54, 1.807) is 19.3 Å². The molecular weight excluding hydrogens is 132 g/mol. The van der Waals surface area contributed by atoms with Crippen molar-refractivity contribution in [3.63, 3.8) is 0 Å². The Morgan fingerprint density at radius 2 is 1.55 bits per heavy atom. The van der Waals surface area contributed by atoms with Crippen molar-refractivity contribution >= 4 is 0 Å². The van der Waals surface area contributed by atoms with Gasteiger partial charge in [0.05, 0.1) is 0 Å². The summed E-state index contributed by atoms with van der Waals surface area (Å²) in [5, 5.41) is 0. The predicted molar refractivity (Wildman–Crippen MR) is 48.5 cm³/mol. The van der Waals surface area contributed by atoms with E-state index in [1.165, 1.54) is 25.7 Å². The Labute approximate surface area is 70.4 Å². The summed E-state index contributed by atoms with van der Waals surface area (Å²) in [6.45, 7) is 2.47. The first-order valence-electron chi connectivity index (χ1n) is 5.38. The fourth-order valence-corrected chi connectivity index (χ4v) is 3.26. The fourth-order valence-electron chi connectivity index (χ4n) is 3.26. The minimum atomic E-state index is 1.05. The quantitative estimate of drug-likeness (QED) is 0.497. The Morgan fingerprint density at radius 1 is 0.818 bits per heavy atom. The zero-order valence-electron chi connectivity index (χ0n) is 7.68. The van der Waals surface area contributed by atoms with Crippen molar-refractivity contribution < 1.29 is 0 Å². The first-order chi connectivity index (χ1) is 5.38. The molecule has 0 saturated heterocycles. The number of hydrogen-bond donors (Lipinski definition) is 0. The van der Waals surface area contributed by atoms with E-state index < -0.39 is 0 Å². The Bertz CT molecular complexity index is 126. The zero-order valence-corrected chi connectivity index (χ0v) is 7.68. The second-order valence-corrected chi connectivity index (χ2v) is 4.62. The molecule has 2 unspecified atom stereocenters. The first-order valence-corrected chi connectivity index (χ1v) is 5.38. The average molecular weight is 152 g/mol. The fraction of sp³-hybridized carbons (Fsp3) is 1.00. The molecule has 64 valence electrons. The zero-order chi connectivity index (χ0) is 7.68. The highest BCUT2D eigenvalue weighted by atomic mass is 14.4. The van der Waals surface area contributed by atoms with Gasteiger partial charge in [-0.1, -0.05) is 45.4 Å². The third-order valence-corrected chi connectivity index (χ3v) is 3.93. The van der Waals surface area contributed by atoms with Gasteiger partial charge in [-0.25, -0.2) is 0 Å². The van der Waals surface area contributed by atoms with E-state index in [-0.39, 0.29) is 0 Å². The van der Waals surface area contributed by atoms with Gasteiger partial charge >= 0.3 is 0 Å². The van der Waals surface area contributed by atoms with Gasteiger partial charge in [0.15, 0.2) is 0 Å². The second-order valence-electron chi connectivity index (χ2n) is 4.62. The molecule has 0 bridgehead atoms. The molecule has 0 heteroatoms. The van der Waals surface area contributed by atoms with Crippen LogP contribution in [-0.4, -0.2) is 0 Å². The molecular formula is C11H20. The van der Waals surface area contributed by atoms with Crippen LogP contribution >= 0.6 is 0 Å². The van der Waals surface area contributed by atoms with E-state index in [1.807, 2.05) is 0 Å². The van der Waals surface area contributed by atoms with Crippen LogP contribution in [0.15, 0.2) is 0 Å². The van der Waals surface area contributed by atoms with Gasteiger partial charge in [0.2, 0.25) is 0 Å². The molecule has 0 radical (unpaired) electrons. The number of hydrogen-bond acceptors (Lipinski definition) is 0. The molecule has 2 rings (SSSR count). The van der Waals surface area contributed by atoms with Crippen LogP contribution in [-0.2, 0) is 0 Å². The Hall–Kier alpha value is 0. The maximum Gasteiger partial charge on any atom is -0.0360 e. The van der Waals surface area contributed by atoms with Crippen molar-refractivity contribution in [2.75, 3.05) is 0 Å². The monoisotopic (exact) mass is 152 g/mol. The average Bonchev–Trinajstić information content (AvgIpc) is 2.06. The molecule has 11 heavy (non-hydrogen) atoms. The summed E-state index contributed by atoms with van der Waals surface area (Å²) in [5.41, 5.74) is 0. The van der Waals surface area contributed by atoms with E-state index in [4.69, 9.17) is 0 Å². The summed E-state index contributed by atoms with van der Waals surface area (Å²) >= 11 is 0. The molecule has 2 aliphatic carbocycles. The van der Waals surface area contributed by atoms with Crippen LogP contribution in [0.25, 0.3) is 0 Å². The number of fused-ring (bicyclic) bond motifs is 1. The largest absolute Gasteiger partial charge is 0.0622 e. The molecule has 0 aromatic rings. The second kappa shape index (κ2) is 3.16. The van der Waals surface area contributed by atoms with Crippen LogP contribution in [0.4, 0.5) is 0 Å². The van der Waals surface area contributed by atoms with E-state index in [0.717, 1.165) is 17.8 Å². The van der Waals surface area contributed by atoms with Crippen molar-refractivity contribution in [3.8, 4) is 0 Å². The smallest absolute Gasteiger partial charge is 0.0360 e. The highest BCUT2D eigenvalue weighted by molar-refractivity contribution is 4.82. The molecule has 2 aliphatic rings. The third kappa shape index (κ3) is 1.45. The molecule has 0 nitrogen and oxygen atoms in total. The molecule has 2 fully saturated rings. The lowest BCUT2D eigenvalue weighted by Crippen LogP contribution is -2.29. The summed E-state index contributed by atoms with van der Waals surface area (Å²) in [6, 6.07) is 0. The highest BCUT2D eigenvalue weighted by Crippen LogP contribution is 2.43. The predicted octanol–water partition coefficient (Wildman–Crippen LogP) is 3.61. The molecule has 0 amide bonds. The van der Waals surface area contributed by atoms with Crippen molar-refractivity contribution in [1.29, 1.82) is 0 Å². The summed E-state index contributed by atoms with van der Waals surface area (Å²) in [7, 11) is 0. The lowest BCUT2D eigenvalue weighted by Gasteiger charge is -2.39. The van der Waals surface area contributed by atoms with Crippen LogP contribution in [0.5, 0.6) is 0 Å². The Kier molecular flexibility index (Phi) is 2.20. The lowest BCUT2D eigenvalue weighted by atomic mass is 9.66. The van der Waals surface area contributed by atoms with E-state index >= 15 is 0 Å². The van der Waals surface area contributed by atoms with Crippen molar-refractivity contribution in [1.82, 2.24) is 0 Å². The van der Waals surface area contributed by atoms with Gasteiger partial charge in [-0.05, 0) is 24.2 Å². The van der Waals surface area contributed by atoms with Crippen molar-refractivity contribution in [3.05, 3.63) is 0 Å². The molecule has 0 spiro atoms. The van der Waals surface area contributed by atoms with Gasteiger partial charge in [0.1, 0.15) is 0 Å². The maximum absolute atomic E-state index is 2.47. The van der Waals surface area contributed by atoms with E-state index in [0.29, 0.717) is 0 Å². The minimum Gasteiger partial charge on any atom is -0.0622 e. The lowest BCUT2D eigenvalue weighted by molar-refractivity contribution is 0.114. The van der Waals surface area contributed by atoms with Crippen LogP contribution in [0.3, 0.4) is 0 Å². The molecule has 3 atom stereocenters. The van der Waals surface area contributed by atoms with Gasteiger partial charge in [0, 0.05) is 0 Å². The van der Waals surface area contributed by atoms with Crippen LogP contribution in [0, 0.1) is 17.8 Å². The summed E-state index contributed by atoms with van der Waals surface area (Å²) in [6.07, 6.45) is 10.7. The maximum atomic E-state index is 2.47. The van der Waals surface area contributed by atoms with Gasteiger partial charge in [0.25, 0.3) is 0 Å². The Morgan fingerprint density at radius 3 is 2.36 bits per heavy atom. The molecule has 0 aromatic carbocycles. The topological polar surface area (TPSA) is 0 Å². The van der Waals surface area contributed by atoms with Gasteiger partial charge in [-0.2, -0.15) is 0 Å². The summed E-state index contributed by atoms with van der Waals surface area (Å²) in [5.74, 6) is 3.30. The minimum absolute atomic E-state index is 1.05. The molecule has 0 heterocycles. The molecule has 0 aliphatic heterocycles. The van der Waals surface area contributed by atoms with Gasteiger partial charge in [-0.15, -0.1) is 0 Å². The van der Waals surface area contributed by atoms with Crippen LogP contribution < -0.4 is 0 Å². The van der Waals surface area contributed by atoms with Crippen LogP contribution in [0.1, 0.15) is 51.9 Å². The standard InChI is InChI=1S/C11H20/c1-9-5-4-7-10-6-2-3-8-11(9)10/h9-11H,2-8H2,1H3/t9?,10-,11?/m0/s1. The highest BCUT2D eigenvalue weighted by Gasteiger charge is 2.31. The van der Waals surface area contributed by atoms with Crippen molar-refractivity contribution in [2.45, 2.75) is 51.9 Å². The summed E-state index contributed by atoms with van der Waals surface area (Å²) in [4.78, 5) is 0. The Balaban J connectivity index is 1.99. The van der Waals surface area contributed by atoms with Crippen molar-refractivity contribution in [2.24, 2.45) is 17.8 Å². The summed E-state index contributed by atoms with van der Waals surface area (Å²) < 4.78 is 0. The number of rotatable bonds is 0. The van der Waals surface area contributed by atoms with E-state index in [9.17, 15) is 0 Å². The normalized spacial score (nSPS) is 45.0. The first kappa shape index (κ1) is 7.64. The third-order valence-electron chi connectivity index (χ3n) is 3.93. The molecule has 2 saturated carbocycles. The molecule has 0 aromatic heterocycles. The SMILES string of the molecule is CC1CCC[C@@H]2CCCCC12. The van der Waals surface area contributed by atoms with E-state index in [2.05, 4.69) is 6.92 Å². The van der Waals surface area contributed by atoms with Gasteiger partial charge in [-0.3, -0.25) is 0 Å². The molecule has 0 N–H and O–H groups in total.